The highest BCUT2D eigenvalue weighted by Crippen LogP contribution is 2.20. The van der Waals surface area contributed by atoms with E-state index in [1.165, 1.54) is 16.2 Å². The Morgan fingerprint density at radius 2 is 1.56 bits per heavy atom. The summed E-state index contributed by atoms with van der Waals surface area (Å²) in [7, 11) is 1.69. The van der Waals surface area contributed by atoms with Crippen LogP contribution in [-0.4, -0.2) is 67.9 Å². The molecule has 5 rings (SSSR count). The smallest absolute Gasteiger partial charge is 0.407 e. The topological polar surface area (TPSA) is 143 Å². The lowest BCUT2D eigenvalue weighted by Gasteiger charge is -2.27. The van der Waals surface area contributed by atoms with E-state index in [0.29, 0.717) is 38.1 Å². The summed E-state index contributed by atoms with van der Waals surface area (Å²) in [6, 6.07) is 19.8. The number of rotatable bonds is 18. The summed E-state index contributed by atoms with van der Waals surface area (Å²) in [4.78, 5) is 51.5. The molecule has 14 heteroatoms. The van der Waals surface area contributed by atoms with Crippen molar-refractivity contribution in [2.45, 2.75) is 83.3 Å². The molecule has 274 valence electrons. The van der Waals surface area contributed by atoms with E-state index < -0.39 is 18.2 Å². The molecule has 3 aromatic heterocycles. The number of benzene rings is 2. The predicted octanol–water partition coefficient (Wildman–Crippen LogP) is 6.18. The lowest BCUT2D eigenvalue weighted by atomic mass is 9.96. The fourth-order valence-electron chi connectivity index (χ4n) is 5.63. The molecule has 52 heavy (non-hydrogen) atoms. The Balaban J connectivity index is 1.28. The van der Waals surface area contributed by atoms with Gasteiger partial charge >= 0.3 is 12.1 Å². The summed E-state index contributed by atoms with van der Waals surface area (Å²) in [5.74, 6) is -0.0262. The normalized spacial score (nSPS) is 12.8. The molecular formula is C38H46N8O4S2. The van der Waals surface area contributed by atoms with Crippen LogP contribution in [0.2, 0.25) is 0 Å². The van der Waals surface area contributed by atoms with Crippen molar-refractivity contribution < 1.29 is 19.1 Å². The van der Waals surface area contributed by atoms with Gasteiger partial charge in [0.05, 0.1) is 34.2 Å². The van der Waals surface area contributed by atoms with Gasteiger partial charge in [-0.1, -0.05) is 74.5 Å². The van der Waals surface area contributed by atoms with E-state index in [2.05, 4.69) is 44.9 Å². The number of aromatic nitrogens is 4. The summed E-state index contributed by atoms with van der Waals surface area (Å²) >= 11 is 3.00. The summed E-state index contributed by atoms with van der Waals surface area (Å²) in [5.41, 5.74) is 4.63. The largest absolute Gasteiger partial charge is 0.444 e. The number of carbonyl (C=O) groups excluding carboxylic acids is 3. The van der Waals surface area contributed by atoms with Crippen molar-refractivity contribution in [1.29, 1.82) is 0 Å². The first-order valence-corrected chi connectivity index (χ1v) is 19.1. The number of alkyl carbamates (subject to hydrolysis) is 1. The summed E-state index contributed by atoms with van der Waals surface area (Å²) < 4.78 is 7.13. The first kappa shape index (κ1) is 38.2. The molecule has 0 aliphatic rings. The highest BCUT2D eigenvalue weighted by molar-refractivity contribution is 7.09. The van der Waals surface area contributed by atoms with Crippen LogP contribution in [0.15, 0.2) is 96.2 Å². The van der Waals surface area contributed by atoms with Crippen molar-refractivity contribution in [2.24, 2.45) is 0 Å². The molecule has 4 amide bonds. The van der Waals surface area contributed by atoms with Crippen LogP contribution < -0.4 is 16.0 Å². The van der Waals surface area contributed by atoms with Gasteiger partial charge in [0.2, 0.25) is 5.91 Å². The van der Waals surface area contributed by atoms with E-state index in [1.807, 2.05) is 66.0 Å². The Morgan fingerprint density at radius 1 is 0.885 bits per heavy atom. The first-order chi connectivity index (χ1) is 25.2. The molecule has 0 aliphatic heterocycles. The van der Waals surface area contributed by atoms with Crippen LogP contribution in [0.4, 0.5) is 9.59 Å². The second-order valence-electron chi connectivity index (χ2n) is 13.0. The number of hydrogen-bond acceptors (Lipinski definition) is 9. The number of urea groups is 1. The standard InChI is InChI=1S/C38H46N8O4S2/c1-27(2)36-42-32(25-51-36)22-45(3)37(48)44-34(23-46-18-10-17-40-46)35(47)41-30(19-28-11-6-4-7-12-28)15-16-31(20-29-13-8-5-9-14-29)43-38(49)50-24-33-21-39-26-52-33/h4-14,17-18,21,25-27,30-31,34H,15-16,19-20,22-24H2,1-3H3,(H,41,47)(H,43,49)(H,44,48)/t30-,31-,34-/m0/s1. The van der Waals surface area contributed by atoms with E-state index in [-0.39, 0.29) is 31.1 Å². The highest BCUT2D eigenvalue weighted by Gasteiger charge is 2.27. The first-order valence-electron chi connectivity index (χ1n) is 17.3. The minimum atomic E-state index is -0.908. The monoisotopic (exact) mass is 742 g/mol. The Morgan fingerprint density at radius 3 is 2.13 bits per heavy atom. The molecule has 0 bridgehead atoms. The molecule has 0 unspecified atom stereocenters. The van der Waals surface area contributed by atoms with E-state index >= 15 is 0 Å². The van der Waals surface area contributed by atoms with Crippen LogP contribution in [0.25, 0.3) is 0 Å². The molecule has 0 radical (unpaired) electrons. The van der Waals surface area contributed by atoms with E-state index in [4.69, 9.17) is 4.74 Å². The highest BCUT2D eigenvalue weighted by atomic mass is 32.1. The number of hydrogen-bond donors (Lipinski definition) is 3. The van der Waals surface area contributed by atoms with Crippen molar-refractivity contribution in [3.63, 3.8) is 0 Å². The Bertz CT molecular complexity index is 1800. The average molecular weight is 743 g/mol. The van der Waals surface area contributed by atoms with Crippen LogP contribution in [0, 0.1) is 0 Å². The molecule has 3 atom stereocenters. The third-order valence-electron chi connectivity index (χ3n) is 8.36. The minimum absolute atomic E-state index is 0.141. The number of ether oxygens (including phenoxy) is 1. The molecule has 0 aliphatic carbocycles. The number of nitrogens with one attached hydrogen (secondary N) is 3. The van der Waals surface area contributed by atoms with Crippen molar-refractivity contribution in [3.8, 4) is 0 Å². The van der Waals surface area contributed by atoms with Crippen LogP contribution in [0.3, 0.4) is 0 Å². The molecule has 0 saturated heterocycles. The molecule has 0 saturated carbocycles. The lowest BCUT2D eigenvalue weighted by molar-refractivity contribution is -0.124. The molecule has 0 spiro atoms. The summed E-state index contributed by atoms with van der Waals surface area (Å²) in [6.45, 7) is 4.77. The second-order valence-corrected chi connectivity index (χ2v) is 14.8. The molecule has 3 heterocycles. The van der Waals surface area contributed by atoms with Gasteiger partial charge in [-0.25, -0.2) is 14.6 Å². The second kappa shape index (κ2) is 19.5. The molecule has 0 fully saturated rings. The van der Waals surface area contributed by atoms with Crippen LogP contribution in [-0.2, 0) is 42.1 Å². The summed E-state index contributed by atoms with van der Waals surface area (Å²) in [5, 5.41) is 16.5. The third-order valence-corrected chi connectivity index (χ3v) is 10.3. The van der Waals surface area contributed by atoms with Crippen LogP contribution in [0.1, 0.15) is 59.3 Å². The van der Waals surface area contributed by atoms with Gasteiger partial charge in [-0.15, -0.1) is 22.7 Å². The maximum absolute atomic E-state index is 14.1. The molecule has 12 nitrogen and oxygen atoms in total. The molecule has 5 aromatic rings. The number of amides is 4. The van der Waals surface area contributed by atoms with Crippen LogP contribution in [0.5, 0.6) is 0 Å². The Kier molecular flexibility index (Phi) is 14.3. The molecule has 3 N–H and O–H groups in total. The van der Waals surface area contributed by atoms with Crippen molar-refractivity contribution >= 4 is 40.7 Å². The minimum Gasteiger partial charge on any atom is -0.444 e. The van der Waals surface area contributed by atoms with Gasteiger partial charge in [0.25, 0.3) is 0 Å². The van der Waals surface area contributed by atoms with Gasteiger partial charge in [-0.3, -0.25) is 14.5 Å². The zero-order valence-electron chi connectivity index (χ0n) is 29.7. The quantitative estimate of drug-likeness (QED) is 0.0974. The third kappa shape index (κ3) is 12.3. The maximum atomic E-state index is 14.1. The van der Waals surface area contributed by atoms with Crippen molar-refractivity contribution in [2.75, 3.05) is 7.05 Å². The van der Waals surface area contributed by atoms with Crippen molar-refractivity contribution in [3.05, 3.63) is 123 Å². The van der Waals surface area contributed by atoms with E-state index in [0.717, 1.165) is 26.7 Å². The zero-order chi connectivity index (χ0) is 36.7. The van der Waals surface area contributed by atoms with Crippen LogP contribution >= 0.6 is 22.7 Å². The van der Waals surface area contributed by atoms with Crippen molar-refractivity contribution in [1.82, 2.24) is 40.6 Å². The van der Waals surface area contributed by atoms with Gasteiger partial charge in [-0.2, -0.15) is 5.10 Å². The SMILES string of the molecule is CC(C)c1nc(CN(C)C(=O)N[C@@H](Cn2cccn2)C(=O)N[C@@H](CC[C@@H](Cc2ccccc2)NC(=O)OCc2cncs2)Cc2ccccc2)cs1. The van der Waals surface area contributed by atoms with Gasteiger partial charge in [0.15, 0.2) is 0 Å². The van der Waals surface area contributed by atoms with Gasteiger partial charge < -0.3 is 25.6 Å². The Hall–Kier alpha value is -5.08. The zero-order valence-corrected chi connectivity index (χ0v) is 31.3. The lowest BCUT2D eigenvalue weighted by Crippen LogP contribution is -2.54. The number of nitrogens with zero attached hydrogens (tertiary/aromatic N) is 5. The van der Waals surface area contributed by atoms with E-state index in [1.54, 1.807) is 53.2 Å². The van der Waals surface area contributed by atoms with E-state index in [9.17, 15) is 14.4 Å². The van der Waals surface area contributed by atoms with Gasteiger partial charge in [0, 0.05) is 49.0 Å². The molecular weight excluding hydrogens is 697 g/mol. The van der Waals surface area contributed by atoms with Gasteiger partial charge in [-0.05, 0) is 42.9 Å². The summed E-state index contributed by atoms with van der Waals surface area (Å²) in [6.07, 6.45) is 6.83. The fourth-order valence-corrected chi connectivity index (χ4v) is 6.97. The fraction of sp³-hybridized carbons (Fsp3) is 0.368. The number of thiazole rings is 2. The predicted molar refractivity (Wildman–Crippen MR) is 203 cm³/mol. The molecule has 2 aromatic carbocycles. The van der Waals surface area contributed by atoms with Gasteiger partial charge in [0.1, 0.15) is 12.6 Å². The average Bonchev–Trinajstić information content (AvgIpc) is 3.95. The number of carbonyl (C=O) groups is 3. The maximum Gasteiger partial charge on any atom is 0.407 e. The Labute approximate surface area is 312 Å².